The number of amides is 4. The van der Waals surface area contributed by atoms with Crippen LogP contribution in [0.2, 0.25) is 0 Å². The molecule has 0 radical (unpaired) electrons. The van der Waals surface area contributed by atoms with Gasteiger partial charge in [0.1, 0.15) is 0 Å². The number of rotatable bonds is 7. The third-order valence-electron chi connectivity index (χ3n) is 4.95. The van der Waals surface area contributed by atoms with Crippen LogP contribution in [0, 0.1) is 0 Å². The number of nitrogens with two attached hydrogens (primary N) is 1. The molecular formula is C24H19N3O6. The third kappa shape index (κ3) is 4.24. The number of carbonyl (C=O) groups excluding carboxylic acids is 4. The van der Waals surface area contributed by atoms with Crippen LogP contribution >= 0.6 is 0 Å². The van der Waals surface area contributed by atoms with Crippen molar-refractivity contribution in [1.82, 2.24) is 0 Å². The molecule has 1 aliphatic rings. The summed E-state index contributed by atoms with van der Waals surface area (Å²) in [5, 5.41) is 2.74. The summed E-state index contributed by atoms with van der Waals surface area (Å²) in [5.41, 5.74) is 6.75. The number of nitrogens with zero attached hydrogens (tertiary/aromatic N) is 1. The van der Waals surface area contributed by atoms with E-state index in [4.69, 9.17) is 15.2 Å². The van der Waals surface area contributed by atoms with Crippen molar-refractivity contribution in [1.29, 1.82) is 0 Å². The van der Waals surface area contributed by atoms with Gasteiger partial charge >= 0.3 is 0 Å². The Bertz CT molecular complexity index is 1250. The van der Waals surface area contributed by atoms with Gasteiger partial charge in [-0.05, 0) is 48.5 Å². The highest BCUT2D eigenvalue weighted by molar-refractivity contribution is 6.34. The molecule has 9 nitrogen and oxygen atoms in total. The number of primary amides is 1. The summed E-state index contributed by atoms with van der Waals surface area (Å²) in [5.74, 6) is -1.42. The van der Waals surface area contributed by atoms with E-state index in [0.29, 0.717) is 22.5 Å². The van der Waals surface area contributed by atoms with Gasteiger partial charge in [-0.2, -0.15) is 0 Å². The molecule has 0 unspecified atom stereocenters. The molecule has 166 valence electrons. The predicted octanol–water partition coefficient (Wildman–Crippen LogP) is 2.61. The molecule has 3 aromatic rings. The summed E-state index contributed by atoms with van der Waals surface area (Å²) < 4.78 is 10.5. The van der Waals surface area contributed by atoms with Crippen LogP contribution in [-0.4, -0.2) is 37.3 Å². The maximum atomic E-state index is 12.8. The fraction of sp³-hybridized carbons (Fsp3) is 0.0833. The average Bonchev–Trinajstić information content (AvgIpc) is 3.07. The zero-order chi connectivity index (χ0) is 23.5. The minimum atomic E-state index is -0.642. The molecule has 0 atom stereocenters. The van der Waals surface area contributed by atoms with Gasteiger partial charge in [0.05, 0.1) is 23.9 Å². The highest BCUT2D eigenvalue weighted by Crippen LogP contribution is 2.31. The number of nitrogens with one attached hydrogen (secondary N) is 1. The smallest absolute Gasteiger partial charge is 0.266 e. The third-order valence-corrected chi connectivity index (χ3v) is 4.95. The largest absolute Gasteiger partial charge is 0.493 e. The fourth-order valence-electron chi connectivity index (χ4n) is 3.43. The van der Waals surface area contributed by atoms with Crippen molar-refractivity contribution in [3.8, 4) is 11.5 Å². The maximum Gasteiger partial charge on any atom is 0.266 e. The first kappa shape index (κ1) is 21.6. The van der Waals surface area contributed by atoms with E-state index in [1.54, 1.807) is 48.5 Å². The van der Waals surface area contributed by atoms with Crippen LogP contribution in [0.15, 0.2) is 66.7 Å². The molecule has 0 saturated heterocycles. The molecular weight excluding hydrogens is 426 g/mol. The number of ether oxygens (including phenoxy) is 2. The summed E-state index contributed by atoms with van der Waals surface area (Å²) in [6.45, 7) is -0.327. The number of carbonyl (C=O) groups is 4. The molecule has 1 heterocycles. The second kappa shape index (κ2) is 8.83. The van der Waals surface area contributed by atoms with Crippen molar-refractivity contribution in [3.05, 3.63) is 83.4 Å². The number of benzene rings is 3. The molecule has 1 aliphatic heterocycles. The van der Waals surface area contributed by atoms with Crippen LogP contribution in [0.1, 0.15) is 31.1 Å². The van der Waals surface area contributed by atoms with Gasteiger partial charge in [-0.25, -0.2) is 4.90 Å². The van der Waals surface area contributed by atoms with Crippen molar-refractivity contribution in [2.45, 2.75) is 0 Å². The molecule has 33 heavy (non-hydrogen) atoms. The Morgan fingerprint density at radius 1 is 0.909 bits per heavy atom. The normalized spacial score (nSPS) is 12.3. The number of hydrogen-bond donors (Lipinski definition) is 2. The van der Waals surface area contributed by atoms with Gasteiger partial charge in [0.15, 0.2) is 18.1 Å². The first-order valence-electron chi connectivity index (χ1n) is 9.87. The molecule has 9 heteroatoms. The van der Waals surface area contributed by atoms with E-state index in [0.717, 1.165) is 4.90 Å². The molecule has 0 saturated carbocycles. The maximum absolute atomic E-state index is 12.8. The van der Waals surface area contributed by atoms with Crippen LogP contribution in [0.3, 0.4) is 0 Å². The fourth-order valence-corrected chi connectivity index (χ4v) is 3.43. The number of fused-ring (bicyclic) bond motifs is 1. The molecule has 3 N–H and O–H groups in total. The Morgan fingerprint density at radius 3 is 2.24 bits per heavy atom. The molecule has 4 rings (SSSR count). The summed E-state index contributed by atoms with van der Waals surface area (Å²) >= 11 is 0. The molecule has 0 spiro atoms. The topological polar surface area (TPSA) is 128 Å². The van der Waals surface area contributed by atoms with E-state index < -0.39 is 23.6 Å². The second-order valence-corrected chi connectivity index (χ2v) is 7.12. The molecule has 3 aromatic carbocycles. The number of methoxy groups -OCH3 is 1. The van der Waals surface area contributed by atoms with E-state index >= 15 is 0 Å². The zero-order valence-corrected chi connectivity index (χ0v) is 17.5. The van der Waals surface area contributed by atoms with Gasteiger partial charge in [0, 0.05) is 11.3 Å². The lowest BCUT2D eigenvalue weighted by molar-refractivity contribution is -0.119. The molecule has 4 amide bonds. The van der Waals surface area contributed by atoms with Crippen LogP contribution in [0.5, 0.6) is 11.5 Å². The predicted molar refractivity (Wildman–Crippen MR) is 120 cm³/mol. The SMILES string of the molecule is COc1cc(C(=O)Nc2cccc(N3C(=O)c4ccccc4C3=O)c2)ccc1OCC(N)=O. The van der Waals surface area contributed by atoms with Crippen molar-refractivity contribution in [2.75, 3.05) is 23.9 Å². The first-order valence-corrected chi connectivity index (χ1v) is 9.87. The summed E-state index contributed by atoms with van der Waals surface area (Å²) in [4.78, 5) is 50.2. The van der Waals surface area contributed by atoms with Gasteiger partial charge in [-0.1, -0.05) is 18.2 Å². The highest BCUT2D eigenvalue weighted by Gasteiger charge is 2.36. The minimum absolute atomic E-state index is 0.253. The van der Waals surface area contributed by atoms with Crippen molar-refractivity contribution in [2.24, 2.45) is 5.73 Å². The number of imide groups is 1. The van der Waals surface area contributed by atoms with E-state index in [2.05, 4.69) is 5.32 Å². The Morgan fingerprint density at radius 2 is 1.61 bits per heavy atom. The van der Waals surface area contributed by atoms with Gasteiger partial charge in [0.2, 0.25) is 0 Å². The van der Waals surface area contributed by atoms with E-state index in [9.17, 15) is 19.2 Å². The quantitative estimate of drug-likeness (QED) is 0.538. The average molecular weight is 445 g/mol. The monoisotopic (exact) mass is 445 g/mol. The van der Waals surface area contributed by atoms with E-state index in [1.165, 1.54) is 25.3 Å². The Balaban J connectivity index is 1.53. The number of anilines is 2. The standard InChI is InChI=1S/C24H19N3O6/c1-32-20-11-14(9-10-19(20)33-13-21(25)28)22(29)26-15-5-4-6-16(12-15)27-23(30)17-7-2-3-8-18(17)24(27)31/h2-12H,13H2,1H3,(H2,25,28)(H,26,29). The Hall–Kier alpha value is -4.66. The first-order chi connectivity index (χ1) is 15.9. The molecule has 0 bridgehead atoms. The van der Waals surface area contributed by atoms with Gasteiger partial charge in [-0.3, -0.25) is 19.2 Å². The summed E-state index contributed by atoms with van der Waals surface area (Å²) in [6.07, 6.45) is 0. The summed E-state index contributed by atoms with van der Waals surface area (Å²) in [6, 6.07) is 17.5. The zero-order valence-electron chi connectivity index (χ0n) is 17.5. The molecule has 0 aromatic heterocycles. The Labute approximate surface area is 188 Å². The molecule has 0 aliphatic carbocycles. The van der Waals surface area contributed by atoms with Crippen molar-refractivity contribution in [3.63, 3.8) is 0 Å². The van der Waals surface area contributed by atoms with Crippen molar-refractivity contribution >= 4 is 35.0 Å². The van der Waals surface area contributed by atoms with Gasteiger partial charge < -0.3 is 20.5 Å². The van der Waals surface area contributed by atoms with Crippen LogP contribution < -0.4 is 25.4 Å². The highest BCUT2D eigenvalue weighted by atomic mass is 16.5. The summed E-state index contributed by atoms with van der Waals surface area (Å²) in [7, 11) is 1.40. The van der Waals surface area contributed by atoms with Gasteiger partial charge in [0.25, 0.3) is 23.6 Å². The van der Waals surface area contributed by atoms with Gasteiger partial charge in [-0.15, -0.1) is 0 Å². The van der Waals surface area contributed by atoms with E-state index in [-0.39, 0.29) is 23.7 Å². The lowest BCUT2D eigenvalue weighted by atomic mass is 10.1. The van der Waals surface area contributed by atoms with Crippen molar-refractivity contribution < 1.29 is 28.7 Å². The second-order valence-electron chi connectivity index (χ2n) is 7.12. The lowest BCUT2D eigenvalue weighted by Gasteiger charge is -2.15. The number of hydrogen-bond acceptors (Lipinski definition) is 6. The molecule has 0 fully saturated rings. The Kier molecular flexibility index (Phi) is 5.77. The van der Waals surface area contributed by atoms with E-state index in [1.807, 2.05) is 0 Å². The van der Waals surface area contributed by atoms with Crippen LogP contribution in [0.25, 0.3) is 0 Å². The lowest BCUT2D eigenvalue weighted by Crippen LogP contribution is -2.29. The minimum Gasteiger partial charge on any atom is -0.493 e. The van der Waals surface area contributed by atoms with Crippen LogP contribution in [-0.2, 0) is 4.79 Å². The van der Waals surface area contributed by atoms with Crippen LogP contribution in [0.4, 0.5) is 11.4 Å².